The molecule has 0 heterocycles. The van der Waals surface area contributed by atoms with Crippen molar-refractivity contribution < 1.29 is 23.9 Å². The lowest BCUT2D eigenvalue weighted by Crippen LogP contribution is -2.38. The fraction of sp³-hybridized carbons (Fsp3) is 0.273. The van der Waals surface area contributed by atoms with E-state index in [9.17, 15) is 19.2 Å². The van der Waals surface area contributed by atoms with Crippen molar-refractivity contribution in [3.05, 3.63) is 65.2 Å². The number of aryl methyl sites for hydroxylation is 2. The number of nitrogens with one attached hydrogen (secondary N) is 1. The highest BCUT2D eigenvalue weighted by Gasteiger charge is 2.18. The van der Waals surface area contributed by atoms with Gasteiger partial charge in [0.2, 0.25) is 5.91 Å². The Morgan fingerprint density at radius 2 is 1.70 bits per heavy atom. The Labute approximate surface area is 175 Å². The lowest BCUT2D eigenvalue weighted by atomic mass is 10.1. The number of carbonyl (C=O) groups excluding carboxylic acids is 4. The minimum atomic E-state index is -0.747. The zero-order chi connectivity index (χ0) is 22.1. The zero-order valence-electron chi connectivity index (χ0n) is 17.0. The van der Waals surface area contributed by atoms with Gasteiger partial charge in [-0.1, -0.05) is 24.3 Å². The Morgan fingerprint density at radius 3 is 2.33 bits per heavy atom. The number of para-hydroxylation sites is 1. The monoisotopic (exact) mass is 411 g/mol. The molecule has 2 aromatic rings. The van der Waals surface area contributed by atoms with Crippen LogP contribution in [-0.4, -0.2) is 43.4 Å². The van der Waals surface area contributed by atoms with Crippen LogP contribution < -0.4 is 16.0 Å². The van der Waals surface area contributed by atoms with Gasteiger partial charge in [-0.25, -0.2) is 0 Å². The average Bonchev–Trinajstić information content (AvgIpc) is 2.73. The summed E-state index contributed by atoms with van der Waals surface area (Å²) in [6, 6.07) is 13.9. The molecule has 0 saturated heterocycles. The standard InChI is InChI=1S/C22H25N3O5/c1-15-8-9-17(12-16(15)2)22(29)24-13-21(28)30-14-20(27)25(11-10-19(23)26)18-6-4-3-5-7-18/h3-9,12H,10-11,13-14H2,1-2H3,(H2,23,26)(H,24,29). The van der Waals surface area contributed by atoms with E-state index in [2.05, 4.69) is 5.32 Å². The van der Waals surface area contributed by atoms with E-state index in [4.69, 9.17) is 10.5 Å². The minimum absolute atomic E-state index is 0.0272. The highest BCUT2D eigenvalue weighted by molar-refractivity contribution is 5.97. The van der Waals surface area contributed by atoms with Gasteiger partial charge in [-0.2, -0.15) is 0 Å². The summed E-state index contributed by atoms with van der Waals surface area (Å²) in [4.78, 5) is 49.0. The van der Waals surface area contributed by atoms with E-state index in [1.807, 2.05) is 19.9 Å². The second kappa shape index (κ2) is 10.8. The highest BCUT2D eigenvalue weighted by atomic mass is 16.5. The van der Waals surface area contributed by atoms with E-state index >= 15 is 0 Å². The zero-order valence-corrected chi connectivity index (χ0v) is 17.0. The van der Waals surface area contributed by atoms with Gasteiger partial charge in [0.15, 0.2) is 6.61 Å². The van der Waals surface area contributed by atoms with Crippen LogP contribution in [-0.2, 0) is 19.1 Å². The number of benzene rings is 2. The van der Waals surface area contributed by atoms with E-state index < -0.39 is 30.3 Å². The van der Waals surface area contributed by atoms with Crippen molar-refractivity contribution in [3.63, 3.8) is 0 Å². The van der Waals surface area contributed by atoms with Gasteiger partial charge >= 0.3 is 5.97 Å². The number of carbonyl (C=O) groups is 4. The molecule has 2 rings (SSSR count). The molecule has 2 aromatic carbocycles. The number of ether oxygens (including phenoxy) is 1. The maximum atomic E-state index is 12.5. The molecule has 0 aromatic heterocycles. The Kier molecular flexibility index (Phi) is 8.10. The van der Waals surface area contributed by atoms with E-state index in [0.29, 0.717) is 11.3 Å². The summed E-state index contributed by atoms with van der Waals surface area (Å²) in [5.74, 6) is -2.21. The van der Waals surface area contributed by atoms with Gasteiger partial charge in [-0.05, 0) is 49.2 Å². The highest BCUT2D eigenvalue weighted by Crippen LogP contribution is 2.14. The first kappa shape index (κ1) is 22.6. The summed E-state index contributed by atoms with van der Waals surface area (Å²) in [5, 5.41) is 2.47. The smallest absolute Gasteiger partial charge is 0.325 e. The molecule has 0 spiro atoms. The molecule has 30 heavy (non-hydrogen) atoms. The van der Waals surface area contributed by atoms with Gasteiger partial charge in [0.1, 0.15) is 6.54 Å². The maximum absolute atomic E-state index is 12.5. The number of anilines is 1. The SMILES string of the molecule is Cc1ccc(C(=O)NCC(=O)OCC(=O)N(CCC(N)=O)c2ccccc2)cc1C. The fourth-order valence-electron chi connectivity index (χ4n) is 2.64. The number of nitrogens with two attached hydrogens (primary N) is 1. The lowest BCUT2D eigenvalue weighted by molar-refractivity contribution is -0.146. The van der Waals surface area contributed by atoms with Crippen molar-refractivity contribution in [1.29, 1.82) is 0 Å². The molecule has 0 saturated carbocycles. The Morgan fingerprint density at radius 1 is 1.00 bits per heavy atom. The Hall–Kier alpha value is -3.68. The van der Waals surface area contributed by atoms with Gasteiger partial charge in [0, 0.05) is 24.2 Å². The van der Waals surface area contributed by atoms with Gasteiger partial charge in [-0.3, -0.25) is 19.2 Å². The molecule has 0 aliphatic rings. The van der Waals surface area contributed by atoms with Crippen LogP contribution >= 0.6 is 0 Å². The van der Waals surface area contributed by atoms with Crippen LogP contribution in [0.1, 0.15) is 27.9 Å². The van der Waals surface area contributed by atoms with Crippen molar-refractivity contribution in [1.82, 2.24) is 5.32 Å². The predicted octanol–water partition coefficient (Wildman–Crippen LogP) is 1.49. The molecule has 0 aliphatic heterocycles. The van der Waals surface area contributed by atoms with E-state index in [-0.39, 0.29) is 19.5 Å². The van der Waals surface area contributed by atoms with Crippen LogP contribution in [0.2, 0.25) is 0 Å². The summed E-state index contributed by atoms with van der Waals surface area (Å²) in [6.45, 7) is 3.01. The second-order valence-electron chi connectivity index (χ2n) is 6.74. The number of primary amides is 1. The molecule has 0 atom stereocenters. The van der Waals surface area contributed by atoms with Crippen LogP contribution in [0.5, 0.6) is 0 Å². The Balaban J connectivity index is 1.88. The summed E-state index contributed by atoms with van der Waals surface area (Å²) >= 11 is 0. The first-order chi connectivity index (χ1) is 14.3. The van der Waals surface area contributed by atoms with Crippen molar-refractivity contribution in [2.24, 2.45) is 5.73 Å². The summed E-state index contributed by atoms with van der Waals surface area (Å²) in [6.07, 6.45) is -0.0272. The topological polar surface area (TPSA) is 119 Å². The van der Waals surface area contributed by atoms with Crippen LogP contribution in [0.15, 0.2) is 48.5 Å². The number of nitrogens with zero attached hydrogens (tertiary/aromatic N) is 1. The average molecular weight is 411 g/mol. The molecule has 0 unspecified atom stereocenters. The van der Waals surface area contributed by atoms with Gasteiger partial charge in [0.25, 0.3) is 11.8 Å². The third-order valence-electron chi connectivity index (χ3n) is 4.47. The van der Waals surface area contributed by atoms with E-state index in [1.165, 1.54) is 4.90 Å². The molecule has 0 radical (unpaired) electrons. The molecule has 0 fully saturated rings. The van der Waals surface area contributed by atoms with E-state index in [0.717, 1.165) is 11.1 Å². The molecule has 3 amide bonds. The van der Waals surface area contributed by atoms with Crippen molar-refractivity contribution >= 4 is 29.4 Å². The summed E-state index contributed by atoms with van der Waals surface area (Å²) in [5.41, 5.74) is 8.19. The molecule has 158 valence electrons. The quantitative estimate of drug-likeness (QED) is 0.606. The number of esters is 1. The van der Waals surface area contributed by atoms with Crippen LogP contribution in [0.3, 0.4) is 0 Å². The maximum Gasteiger partial charge on any atom is 0.325 e. The molecule has 0 aliphatic carbocycles. The van der Waals surface area contributed by atoms with E-state index in [1.54, 1.807) is 42.5 Å². The third kappa shape index (κ3) is 6.73. The first-order valence-electron chi connectivity index (χ1n) is 9.42. The normalized spacial score (nSPS) is 10.2. The molecular weight excluding hydrogens is 386 g/mol. The predicted molar refractivity (Wildman–Crippen MR) is 112 cm³/mol. The van der Waals surface area contributed by atoms with Crippen LogP contribution in [0.4, 0.5) is 5.69 Å². The largest absolute Gasteiger partial charge is 0.454 e. The molecule has 3 N–H and O–H groups in total. The molecular formula is C22H25N3O5. The molecule has 8 nitrogen and oxygen atoms in total. The van der Waals surface area contributed by atoms with Crippen LogP contribution in [0.25, 0.3) is 0 Å². The lowest BCUT2D eigenvalue weighted by Gasteiger charge is -2.22. The number of amides is 3. The van der Waals surface area contributed by atoms with Crippen molar-refractivity contribution in [2.75, 3.05) is 24.6 Å². The second-order valence-corrected chi connectivity index (χ2v) is 6.74. The third-order valence-corrected chi connectivity index (χ3v) is 4.47. The summed E-state index contributed by atoms with van der Waals surface area (Å²) < 4.78 is 4.98. The number of hydrogen-bond acceptors (Lipinski definition) is 5. The van der Waals surface area contributed by atoms with Gasteiger partial charge < -0.3 is 20.7 Å². The summed E-state index contributed by atoms with van der Waals surface area (Å²) in [7, 11) is 0. The first-order valence-corrected chi connectivity index (χ1v) is 9.42. The molecule has 8 heteroatoms. The fourth-order valence-corrected chi connectivity index (χ4v) is 2.64. The number of hydrogen-bond donors (Lipinski definition) is 2. The molecule has 0 bridgehead atoms. The minimum Gasteiger partial charge on any atom is -0.454 e. The number of rotatable bonds is 9. The van der Waals surface area contributed by atoms with Gasteiger partial charge in [-0.15, -0.1) is 0 Å². The Bertz CT molecular complexity index is 928. The van der Waals surface area contributed by atoms with Crippen LogP contribution in [0, 0.1) is 13.8 Å². The van der Waals surface area contributed by atoms with Gasteiger partial charge in [0.05, 0.1) is 0 Å². The van der Waals surface area contributed by atoms with Crippen molar-refractivity contribution in [3.8, 4) is 0 Å². The van der Waals surface area contributed by atoms with Crippen molar-refractivity contribution in [2.45, 2.75) is 20.3 Å².